The van der Waals surface area contributed by atoms with Crippen molar-refractivity contribution in [3.8, 4) is 5.75 Å². The van der Waals surface area contributed by atoms with E-state index in [2.05, 4.69) is 4.98 Å². The number of pyridine rings is 1. The van der Waals surface area contributed by atoms with Gasteiger partial charge in [0.2, 0.25) is 0 Å². The number of anilines is 1. The number of amides is 1. The Labute approximate surface area is 95.2 Å². The summed E-state index contributed by atoms with van der Waals surface area (Å²) in [6.07, 6.45) is 0. The van der Waals surface area contributed by atoms with Crippen molar-refractivity contribution >= 4 is 11.7 Å². The van der Waals surface area contributed by atoms with Gasteiger partial charge in [-0.1, -0.05) is 0 Å². The van der Waals surface area contributed by atoms with E-state index in [4.69, 9.17) is 10.5 Å². The third-order valence-corrected chi connectivity index (χ3v) is 2.32. The topological polar surface area (TPSA) is 68.5 Å². The van der Waals surface area contributed by atoms with Gasteiger partial charge >= 0.3 is 0 Å². The van der Waals surface area contributed by atoms with Crippen LogP contribution in [0.2, 0.25) is 0 Å². The second-order valence-corrected chi connectivity index (χ2v) is 3.29. The number of carbonyl (C=O) groups is 1. The van der Waals surface area contributed by atoms with Gasteiger partial charge in [0.25, 0.3) is 5.91 Å². The summed E-state index contributed by atoms with van der Waals surface area (Å²) < 4.78 is 5.04. The fourth-order valence-electron chi connectivity index (χ4n) is 1.43. The van der Waals surface area contributed by atoms with E-state index in [1.807, 2.05) is 13.8 Å². The van der Waals surface area contributed by atoms with Crippen LogP contribution in [0.15, 0.2) is 12.1 Å². The van der Waals surface area contributed by atoms with Crippen LogP contribution >= 0.6 is 0 Å². The highest BCUT2D eigenvalue weighted by Crippen LogP contribution is 2.16. The van der Waals surface area contributed by atoms with Gasteiger partial charge in [-0.3, -0.25) is 4.79 Å². The van der Waals surface area contributed by atoms with E-state index in [1.54, 1.807) is 17.0 Å². The lowest BCUT2D eigenvalue weighted by Gasteiger charge is -2.18. The van der Waals surface area contributed by atoms with E-state index in [0.717, 1.165) is 0 Å². The summed E-state index contributed by atoms with van der Waals surface area (Å²) >= 11 is 0. The predicted molar refractivity (Wildman–Crippen MR) is 62.5 cm³/mol. The summed E-state index contributed by atoms with van der Waals surface area (Å²) in [5.41, 5.74) is 5.91. The maximum atomic E-state index is 12.0. The minimum absolute atomic E-state index is 0.129. The van der Waals surface area contributed by atoms with Gasteiger partial charge in [0.1, 0.15) is 17.3 Å². The van der Waals surface area contributed by atoms with Crippen LogP contribution in [0.1, 0.15) is 24.3 Å². The van der Waals surface area contributed by atoms with Gasteiger partial charge in [0.05, 0.1) is 7.11 Å². The summed E-state index contributed by atoms with van der Waals surface area (Å²) in [5.74, 6) is 0.702. The third kappa shape index (κ3) is 2.62. The first kappa shape index (κ1) is 12.3. The molecule has 1 rings (SSSR count). The van der Waals surface area contributed by atoms with Gasteiger partial charge in [0, 0.05) is 25.2 Å². The van der Waals surface area contributed by atoms with Crippen molar-refractivity contribution in [2.75, 3.05) is 25.9 Å². The molecule has 1 aromatic rings. The van der Waals surface area contributed by atoms with Crippen molar-refractivity contribution < 1.29 is 9.53 Å². The second kappa shape index (κ2) is 5.34. The number of methoxy groups -OCH3 is 1. The molecule has 0 aliphatic heterocycles. The zero-order valence-electron chi connectivity index (χ0n) is 9.86. The molecule has 1 aromatic heterocycles. The number of rotatable bonds is 4. The molecule has 0 aliphatic carbocycles. The molecule has 0 saturated heterocycles. The molecule has 0 bridgehead atoms. The van der Waals surface area contributed by atoms with Crippen LogP contribution in [0.4, 0.5) is 5.82 Å². The zero-order chi connectivity index (χ0) is 12.1. The quantitative estimate of drug-likeness (QED) is 0.831. The molecule has 5 heteroatoms. The van der Waals surface area contributed by atoms with E-state index >= 15 is 0 Å². The Morgan fingerprint density at radius 3 is 2.56 bits per heavy atom. The van der Waals surface area contributed by atoms with E-state index in [9.17, 15) is 4.79 Å². The van der Waals surface area contributed by atoms with E-state index in [0.29, 0.717) is 24.5 Å². The van der Waals surface area contributed by atoms with Crippen LogP contribution in [0, 0.1) is 0 Å². The minimum atomic E-state index is -0.129. The van der Waals surface area contributed by atoms with Crippen LogP contribution in [0.5, 0.6) is 5.75 Å². The first-order valence-corrected chi connectivity index (χ1v) is 5.23. The molecule has 0 saturated carbocycles. The number of nitrogen functional groups attached to an aromatic ring is 1. The van der Waals surface area contributed by atoms with Crippen molar-refractivity contribution in [1.82, 2.24) is 9.88 Å². The van der Waals surface area contributed by atoms with Crippen LogP contribution < -0.4 is 10.5 Å². The smallest absolute Gasteiger partial charge is 0.272 e. The molecule has 1 heterocycles. The number of ether oxygens (including phenoxy) is 1. The molecule has 0 radical (unpaired) electrons. The Kier molecular flexibility index (Phi) is 4.10. The average Bonchev–Trinajstić information content (AvgIpc) is 2.29. The standard InChI is InChI=1S/C11H17N3O2/c1-4-14(5-2)11(15)9-6-8(16-3)7-10(12)13-9/h6-7H,4-5H2,1-3H3,(H2,12,13). The van der Waals surface area contributed by atoms with Crippen LogP contribution in [-0.4, -0.2) is 36.0 Å². The molecule has 5 nitrogen and oxygen atoms in total. The van der Waals surface area contributed by atoms with Crippen molar-refractivity contribution in [2.24, 2.45) is 0 Å². The normalized spacial score (nSPS) is 9.94. The van der Waals surface area contributed by atoms with Gasteiger partial charge in [-0.25, -0.2) is 4.98 Å². The van der Waals surface area contributed by atoms with Crippen LogP contribution in [-0.2, 0) is 0 Å². The van der Waals surface area contributed by atoms with Gasteiger partial charge in [0.15, 0.2) is 0 Å². The van der Waals surface area contributed by atoms with Gasteiger partial charge < -0.3 is 15.4 Å². The third-order valence-electron chi connectivity index (χ3n) is 2.32. The SMILES string of the molecule is CCN(CC)C(=O)c1cc(OC)cc(N)n1. The average molecular weight is 223 g/mol. The number of aromatic nitrogens is 1. The summed E-state index contributed by atoms with van der Waals surface area (Å²) in [7, 11) is 1.53. The maximum absolute atomic E-state index is 12.0. The molecule has 0 unspecified atom stereocenters. The van der Waals surface area contributed by atoms with Crippen molar-refractivity contribution in [3.63, 3.8) is 0 Å². The monoisotopic (exact) mass is 223 g/mol. The molecule has 0 fully saturated rings. The molecule has 2 N–H and O–H groups in total. The highest BCUT2D eigenvalue weighted by Gasteiger charge is 2.15. The first-order valence-electron chi connectivity index (χ1n) is 5.23. The Balaban J connectivity index is 3.03. The van der Waals surface area contributed by atoms with Gasteiger partial charge in [-0.05, 0) is 13.8 Å². The lowest BCUT2D eigenvalue weighted by Crippen LogP contribution is -2.31. The molecule has 16 heavy (non-hydrogen) atoms. The Bertz CT molecular complexity index is 375. The van der Waals surface area contributed by atoms with Crippen LogP contribution in [0.3, 0.4) is 0 Å². The summed E-state index contributed by atoms with van der Waals surface area (Å²) in [6, 6.07) is 3.18. The lowest BCUT2D eigenvalue weighted by molar-refractivity contribution is 0.0767. The van der Waals surface area contributed by atoms with E-state index < -0.39 is 0 Å². The predicted octanol–water partition coefficient (Wildman–Crippen LogP) is 1.15. The molecular weight excluding hydrogens is 206 g/mol. The van der Waals surface area contributed by atoms with E-state index in [-0.39, 0.29) is 11.7 Å². The van der Waals surface area contributed by atoms with Gasteiger partial charge in [-0.15, -0.1) is 0 Å². The highest BCUT2D eigenvalue weighted by atomic mass is 16.5. The van der Waals surface area contributed by atoms with Crippen molar-refractivity contribution in [3.05, 3.63) is 17.8 Å². The number of hydrogen-bond acceptors (Lipinski definition) is 4. The molecule has 1 amide bonds. The molecule has 88 valence electrons. The first-order chi connectivity index (χ1) is 7.62. The van der Waals surface area contributed by atoms with Crippen LogP contribution in [0.25, 0.3) is 0 Å². The fraction of sp³-hybridized carbons (Fsp3) is 0.455. The minimum Gasteiger partial charge on any atom is -0.497 e. The fourth-order valence-corrected chi connectivity index (χ4v) is 1.43. The number of nitrogens with two attached hydrogens (primary N) is 1. The largest absolute Gasteiger partial charge is 0.497 e. The van der Waals surface area contributed by atoms with Gasteiger partial charge in [-0.2, -0.15) is 0 Å². The highest BCUT2D eigenvalue weighted by molar-refractivity contribution is 5.93. The molecule has 0 aromatic carbocycles. The zero-order valence-corrected chi connectivity index (χ0v) is 9.86. The van der Waals surface area contributed by atoms with Crippen molar-refractivity contribution in [1.29, 1.82) is 0 Å². The number of hydrogen-bond donors (Lipinski definition) is 1. The lowest BCUT2D eigenvalue weighted by atomic mass is 10.3. The molecule has 0 spiro atoms. The Hall–Kier alpha value is -1.78. The molecule has 0 atom stereocenters. The Morgan fingerprint density at radius 2 is 2.06 bits per heavy atom. The van der Waals surface area contributed by atoms with Crippen molar-refractivity contribution in [2.45, 2.75) is 13.8 Å². The second-order valence-electron chi connectivity index (χ2n) is 3.29. The van der Waals surface area contributed by atoms with E-state index in [1.165, 1.54) is 7.11 Å². The summed E-state index contributed by atoms with van der Waals surface area (Å²) in [5, 5.41) is 0. The summed E-state index contributed by atoms with van der Waals surface area (Å²) in [4.78, 5) is 17.7. The number of nitrogens with zero attached hydrogens (tertiary/aromatic N) is 2. The molecular formula is C11H17N3O2. The maximum Gasteiger partial charge on any atom is 0.272 e. The Morgan fingerprint density at radius 1 is 1.44 bits per heavy atom. The molecule has 0 aliphatic rings. The number of carbonyl (C=O) groups excluding carboxylic acids is 1. The summed E-state index contributed by atoms with van der Waals surface area (Å²) in [6.45, 7) is 5.14.